The predicted molar refractivity (Wildman–Crippen MR) is 177 cm³/mol. The molecule has 2 aromatic heterocycles. The predicted octanol–water partition coefficient (Wildman–Crippen LogP) is 10.0. The Balaban J connectivity index is 1.29. The maximum Gasteiger partial charge on any atom is 0.200 e. The molecule has 9 rings (SSSR count). The van der Waals surface area contributed by atoms with E-state index < -0.39 is 0 Å². The number of benzene rings is 6. The highest BCUT2D eigenvalue weighted by atomic mass is 16.3. The Hall–Kier alpha value is -5.41. The van der Waals surface area contributed by atoms with Gasteiger partial charge in [-0.05, 0) is 81.9 Å². The van der Waals surface area contributed by atoms with Crippen LogP contribution in [0.4, 0.5) is 0 Å². The van der Waals surface area contributed by atoms with E-state index in [2.05, 4.69) is 97.3 Å². The van der Waals surface area contributed by atoms with Crippen molar-refractivity contribution in [3.05, 3.63) is 149 Å². The van der Waals surface area contributed by atoms with Crippen LogP contribution in [0.2, 0.25) is 0 Å². The number of hydrogen-bond donors (Lipinski definition) is 0. The Morgan fingerprint density at radius 2 is 1.33 bits per heavy atom. The monoisotopic (exact) mass is 553 g/mol. The first-order valence-corrected chi connectivity index (χ1v) is 14.7. The number of fused-ring (bicyclic) bond motifs is 8. The fraction of sp³-hybridized carbons (Fsp3) is 0.0750. The number of nitrogens with zero attached hydrogens (tertiary/aromatic N) is 1. The van der Waals surface area contributed by atoms with Crippen LogP contribution in [0.5, 0.6) is 0 Å². The highest BCUT2D eigenvalue weighted by Crippen LogP contribution is 2.51. The molecular weight excluding hydrogens is 526 g/mol. The molecule has 0 N–H and O–H groups in total. The molecule has 0 saturated heterocycles. The lowest BCUT2D eigenvalue weighted by Crippen LogP contribution is -2.15. The fourth-order valence-electron chi connectivity index (χ4n) is 7.23. The van der Waals surface area contributed by atoms with Crippen molar-refractivity contribution in [1.82, 2.24) is 4.57 Å². The van der Waals surface area contributed by atoms with Crippen molar-refractivity contribution in [1.29, 1.82) is 0 Å². The zero-order valence-electron chi connectivity index (χ0n) is 23.9. The Morgan fingerprint density at radius 3 is 2.21 bits per heavy atom. The van der Waals surface area contributed by atoms with E-state index in [9.17, 15) is 4.79 Å². The Bertz CT molecular complexity index is 2500. The molecule has 2 heterocycles. The van der Waals surface area contributed by atoms with Gasteiger partial charge in [0.2, 0.25) is 5.43 Å². The van der Waals surface area contributed by atoms with Crippen LogP contribution >= 0.6 is 0 Å². The Labute approximate surface area is 248 Å². The zero-order chi connectivity index (χ0) is 28.9. The number of rotatable bonds is 2. The number of hydrogen-bond acceptors (Lipinski definition) is 2. The van der Waals surface area contributed by atoms with Crippen molar-refractivity contribution < 1.29 is 4.42 Å². The van der Waals surface area contributed by atoms with Gasteiger partial charge in [0.25, 0.3) is 0 Å². The van der Waals surface area contributed by atoms with Gasteiger partial charge in [-0.1, -0.05) is 92.7 Å². The molecule has 0 bridgehead atoms. The maximum absolute atomic E-state index is 13.9. The van der Waals surface area contributed by atoms with Crippen LogP contribution in [0.1, 0.15) is 25.0 Å². The van der Waals surface area contributed by atoms with Gasteiger partial charge >= 0.3 is 0 Å². The summed E-state index contributed by atoms with van der Waals surface area (Å²) in [5.74, 6) is 0. The summed E-state index contributed by atoms with van der Waals surface area (Å²) in [7, 11) is 0. The molecule has 8 aromatic rings. The van der Waals surface area contributed by atoms with Gasteiger partial charge in [-0.15, -0.1) is 0 Å². The van der Waals surface area contributed by atoms with E-state index in [1.54, 1.807) is 0 Å². The van der Waals surface area contributed by atoms with Crippen LogP contribution in [0.15, 0.2) is 137 Å². The molecule has 0 radical (unpaired) electrons. The maximum atomic E-state index is 13.9. The third-order valence-electron chi connectivity index (χ3n) is 9.40. The van der Waals surface area contributed by atoms with E-state index in [0.29, 0.717) is 21.9 Å². The van der Waals surface area contributed by atoms with Gasteiger partial charge < -0.3 is 8.98 Å². The first kappa shape index (κ1) is 24.2. The average molecular weight is 554 g/mol. The first-order chi connectivity index (χ1) is 21.0. The summed E-state index contributed by atoms with van der Waals surface area (Å²) in [6, 6.07) is 44.0. The summed E-state index contributed by atoms with van der Waals surface area (Å²) in [6.45, 7) is 4.62. The molecule has 0 unspecified atom stereocenters. The smallest absolute Gasteiger partial charge is 0.200 e. The van der Waals surface area contributed by atoms with Crippen LogP contribution in [0.3, 0.4) is 0 Å². The van der Waals surface area contributed by atoms with Gasteiger partial charge in [0.15, 0.2) is 0 Å². The molecule has 0 fully saturated rings. The Morgan fingerprint density at radius 1 is 0.535 bits per heavy atom. The van der Waals surface area contributed by atoms with Crippen LogP contribution in [-0.4, -0.2) is 4.57 Å². The topological polar surface area (TPSA) is 35.1 Å². The van der Waals surface area contributed by atoms with Crippen LogP contribution in [0.25, 0.3) is 71.7 Å². The molecule has 1 aliphatic carbocycles. The van der Waals surface area contributed by atoms with Gasteiger partial charge in [-0.2, -0.15) is 0 Å². The van der Waals surface area contributed by atoms with Crippen molar-refractivity contribution in [3.63, 3.8) is 0 Å². The molecule has 43 heavy (non-hydrogen) atoms. The van der Waals surface area contributed by atoms with Gasteiger partial charge in [0, 0.05) is 21.9 Å². The molecule has 0 saturated carbocycles. The number of para-hydroxylation sites is 1. The molecule has 0 aliphatic heterocycles. The second-order valence-corrected chi connectivity index (χ2v) is 12.1. The number of aromatic nitrogens is 1. The van der Waals surface area contributed by atoms with Gasteiger partial charge in [0.1, 0.15) is 11.2 Å². The van der Waals surface area contributed by atoms with E-state index in [-0.39, 0.29) is 10.8 Å². The highest BCUT2D eigenvalue weighted by molar-refractivity contribution is 6.12. The minimum atomic E-state index is -0.108. The third-order valence-corrected chi connectivity index (χ3v) is 9.40. The zero-order valence-corrected chi connectivity index (χ0v) is 23.9. The SMILES string of the molecule is CC1(C)c2ccccc2-c2cc3c4ccccc4n(-c4ccc5oc6cc(-c7ccccc7)ccc6c(=O)c5c4)c3cc21. The van der Waals surface area contributed by atoms with E-state index in [0.717, 1.165) is 27.8 Å². The lowest BCUT2D eigenvalue weighted by Gasteiger charge is -2.21. The summed E-state index contributed by atoms with van der Waals surface area (Å²) < 4.78 is 8.65. The molecule has 1 aliphatic rings. The summed E-state index contributed by atoms with van der Waals surface area (Å²) in [5.41, 5.74) is 11.7. The Kier molecular flexibility index (Phi) is 4.82. The van der Waals surface area contributed by atoms with E-state index in [1.807, 2.05) is 48.5 Å². The summed E-state index contributed by atoms with van der Waals surface area (Å²) in [6.07, 6.45) is 0. The molecule has 0 atom stereocenters. The molecule has 3 heteroatoms. The minimum Gasteiger partial charge on any atom is -0.456 e. The van der Waals surface area contributed by atoms with E-state index >= 15 is 0 Å². The van der Waals surface area contributed by atoms with Crippen LogP contribution < -0.4 is 5.43 Å². The molecule has 3 nitrogen and oxygen atoms in total. The average Bonchev–Trinajstić information content (AvgIpc) is 3.49. The van der Waals surface area contributed by atoms with Crippen molar-refractivity contribution in [2.75, 3.05) is 0 Å². The second kappa shape index (κ2) is 8.56. The summed E-state index contributed by atoms with van der Waals surface area (Å²) in [5, 5.41) is 3.57. The third kappa shape index (κ3) is 3.33. The lowest BCUT2D eigenvalue weighted by molar-refractivity contribution is 0.660. The molecule has 6 aromatic carbocycles. The van der Waals surface area contributed by atoms with Crippen molar-refractivity contribution >= 4 is 43.7 Å². The molecule has 0 amide bonds. The van der Waals surface area contributed by atoms with Crippen molar-refractivity contribution in [3.8, 4) is 27.9 Å². The standard InChI is InChI=1S/C40H27NO2/c1-40(2)33-14-8-6-12-27(33)30-22-31-28-13-7-9-15-35(28)41(36(31)23-34(30)40)26-17-19-37-32(21-26)39(42)29-18-16-25(20-38(29)43-37)24-10-4-3-5-11-24/h3-23H,1-2H3. The van der Waals surface area contributed by atoms with Crippen molar-refractivity contribution in [2.45, 2.75) is 19.3 Å². The summed E-state index contributed by atoms with van der Waals surface area (Å²) in [4.78, 5) is 13.9. The summed E-state index contributed by atoms with van der Waals surface area (Å²) >= 11 is 0. The first-order valence-electron chi connectivity index (χ1n) is 14.7. The van der Waals surface area contributed by atoms with Crippen LogP contribution in [0, 0.1) is 0 Å². The largest absolute Gasteiger partial charge is 0.456 e. The van der Waals surface area contributed by atoms with E-state index in [1.165, 1.54) is 33.0 Å². The minimum absolute atomic E-state index is 0.0176. The van der Waals surface area contributed by atoms with Gasteiger partial charge in [-0.3, -0.25) is 4.79 Å². The van der Waals surface area contributed by atoms with Gasteiger partial charge in [0.05, 0.1) is 21.8 Å². The molecule has 204 valence electrons. The second-order valence-electron chi connectivity index (χ2n) is 12.1. The lowest BCUT2D eigenvalue weighted by atomic mass is 9.82. The van der Waals surface area contributed by atoms with Crippen molar-refractivity contribution in [2.24, 2.45) is 0 Å². The highest BCUT2D eigenvalue weighted by Gasteiger charge is 2.36. The van der Waals surface area contributed by atoms with E-state index in [4.69, 9.17) is 4.42 Å². The fourth-order valence-corrected chi connectivity index (χ4v) is 7.23. The molecular formula is C40H27NO2. The quantitative estimate of drug-likeness (QED) is 0.200. The van der Waals surface area contributed by atoms with Gasteiger partial charge in [-0.25, -0.2) is 0 Å². The normalized spacial score (nSPS) is 13.6. The van der Waals surface area contributed by atoms with Crippen LogP contribution in [-0.2, 0) is 5.41 Å². The molecule has 0 spiro atoms.